The number of halogens is 1. The Morgan fingerprint density at radius 3 is 2.65 bits per heavy atom. The van der Waals surface area contributed by atoms with Gasteiger partial charge in [-0.2, -0.15) is 0 Å². The molecule has 6 heteroatoms. The fourth-order valence-electron chi connectivity index (χ4n) is 2.12. The number of hydrogen-bond acceptors (Lipinski definition) is 3. The third-order valence-corrected chi connectivity index (χ3v) is 3.92. The number of ether oxygens (including phenoxy) is 1. The van der Waals surface area contributed by atoms with Crippen molar-refractivity contribution in [2.75, 3.05) is 19.0 Å². The Kier molecular flexibility index (Phi) is 5.58. The van der Waals surface area contributed by atoms with E-state index in [1.807, 2.05) is 13.8 Å². The van der Waals surface area contributed by atoms with Crippen LogP contribution >= 0.6 is 11.6 Å². The summed E-state index contributed by atoms with van der Waals surface area (Å²) in [4.78, 5) is 24.1. The number of aryl methyl sites for hydroxylation is 2. The number of nitrogens with zero attached hydrogens (tertiary/aromatic N) is 1. The first-order valence-electron chi connectivity index (χ1n) is 7.20. The summed E-state index contributed by atoms with van der Waals surface area (Å²) in [7, 11) is 1.57. The van der Waals surface area contributed by atoms with Crippen LogP contribution in [0.15, 0.2) is 35.3 Å². The van der Waals surface area contributed by atoms with Crippen LogP contribution in [-0.4, -0.2) is 24.2 Å². The summed E-state index contributed by atoms with van der Waals surface area (Å²) in [5, 5.41) is 3.17. The van der Waals surface area contributed by atoms with Gasteiger partial charge in [-0.3, -0.25) is 9.59 Å². The van der Waals surface area contributed by atoms with Crippen molar-refractivity contribution in [2.24, 2.45) is 0 Å². The van der Waals surface area contributed by atoms with Crippen LogP contribution in [-0.2, 0) is 11.3 Å². The minimum absolute atomic E-state index is 0.149. The van der Waals surface area contributed by atoms with Gasteiger partial charge < -0.3 is 14.6 Å². The SMILES string of the molecule is COCCn1cc(NC(=O)c2cc(C)c(C)cc2Cl)ccc1=O. The molecule has 0 aliphatic heterocycles. The minimum atomic E-state index is -0.310. The Morgan fingerprint density at radius 2 is 1.96 bits per heavy atom. The molecular weight excluding hydrogens is 316 g/mol. The van der Waals surface area contributed by atoms with E-state index in [1.54, 1.807) is 31.5 Å². The summed E-state index contributed by atoms with van der Waals surface area (Å²) in [6.07, 6.45) is 1.59. The van der Waals surface area contributed by atoms with Crippen LogP contribution < -0.4 is 10.9 Å². The zero-order chi connectivity index (χ0) is 17.0. The molecule has 1 N–H and O–H groups in total. The summed E-state index contributed by atoms with van der Waals surface area (Å²) in [6, 6.07) is 6.50. The van der Waals surface area contributed by atoms with E-state index in [-0.39, 0.29) is 11.5 Å². The molecule has 1 aromatic heterocycles. The standard InChI is InChI=1S/C17H19ClN2O3/c1-11-8-14(15(18)9-12(11)2)17(22)19-13-4-5-16(21)20(10-13)6-7-23-3/h4-5,8-10H,6-7H2,1-3H3,(H,19,22). The molecule has 5 nitrogen and oxygen atoms in total. The second-order valence-corrected chi connectivity index (χ2v) is 5.72. The number of carbonyl (C=O) groups excluding carboxylic acids is 1. The van der Waals surface area contributed by atoms with Crippen molar-refractivity contribution in [2.45, 2.75) is 20.4 Å². The van der Waals surface area contributed by atoms with Gasteiger partial charge in [0.15, 0.2) is 0 Å². The highest BCUT2D eigenvalue weighted by molar-refractivity contribution is 6.34. The van der Waals surface area contributed by atoms with E-state index in [4.69, 9.17) is 16.3 Å². The number of carbonyl (C=O) groups is 1. The molecule has 0 saturated carbocycles. The molecule has 23 heavy (non-hydrogen) atoms. The quantitative estimate of drug-likeness (QED) is 0.914. The molecular formula is C17H19ClN2O3. The van der Waals surface area contributed by atoms with Crippen molar-refractivity contribution in [3.05, 3.63) is 62.5 Å². The third kappa shape index (κ3) is 4.21. The van der Waals surface area contributed by atoms with Gasteiger partial charge in [0.25, 0.3) is 11.5 Å². The number of hydrogen-bond donors (Lipinski definition) is 1. The van der Waals surface area contributed by atoms with Gasteiger partial charge in [0.1, 0.15) is 0 Å². The molecule has 0 unspecified atom stereocenters. The molecule has 0 bridgehead atoms. The van der Waals surface area contributed by atoms with Crippen LogP contribution in [0, 0.1) is 13.8 Å². The van der Waals surface area contributed by atoms with Crippen molar-refractivity contribution in [1.82, 2.24) is 4.57 Å². The number of amides is 1. The van der Waals surface area contributed by atoms with Crippen LogP contribution in [0.2, 0.25) is 5.02 Å². The molecule has 1 heterocycles. The fourth-order valence-corrected chi connectivity index (χ4v) is 2.43. The summed E-state index contributed by atoms with van der Waals surface area (Å²) < 4.78 is 6.45. The first-order valence-corrected chi connectivity index (χ1v) is 7.57. The molecule has 0 radical (unpaired) electrons. The lowest BCUT2D eigenvalue weighted by Crippen LogP contribution is -2.22. The summed E-state index contributed by atoms with van der Waals surface area (Å²) in [5.41, 5.74) is 2.80. The average molecular weight is 335 g/mol. The number of benzene rings is 1. The second kappa shape index (κ2) is 7.44. The fraction of sp³-hybridized carbons (Fsp3) is 0.294. The Bertz CT molecular complexity index is 784. The van der Waals surface area contributed by atoms with Crippen LogP contribution in [0.5, 0.6) is 0 Å². The average Bonchev–Trinajstić information content (AvgIpc) is 2.51. The van der Waals surface area contributed by atoms with Crippen LogP contribution in [0.4, 0.5) is 5.69 Å². The number of methoxy groups -OCH3 is 1. The lowest BCUT2D eigenvalue weighted by atomic mass is 10.1. The molecule has 0 aliphatic carbocycles. The molecule has 0 aliphatic rings. The summed E-state index contributed by atoms with van der Waals surface area (Å²) in [5.74, 6) is -0.310. The van der Waals surface area contributed by atoms with Gasteiger partial charge in [-0.1, -0.05) is 11.6 Å². The van der Waals surface area contributed by atoms with E-state index in [0.29, 0.717) is 29.4 Å². The molecule has 1 aromatic carbocycles. The predicted molar refractivity (Wildman–Crippen MR) is 91.5 cm³/mol. The molecule has 0 spiro atoms. The monoisotopic (exact) mass is 334 g/mol. The van der Waals surface area contributed by atoms with E-state index in [9.17, 15) is 9.59 Å². The molecule has 122 valence electrons. The largest absolute Gasteiger partial charge is 0.383 e. The van der Waals surface area contributed by atoms with E-state index >= 15 is 0 Å². The maximum atomic E-state index is 12.4. The van der Waals surface area contributed by atoms with Crippen molar-refractivity contribution in [3.8, 4) is 0 Å². The molecule has 0 saturated heterocycles. The number of rotatable bonds is 5. The van der Waals surface area contributed by atoms with Crippen LogP contribution in [0.25, 0.3) is 0 Å². The molecule has 2 rings (SSSR count). The van der Waals surface area contributed by atoms with Crippen LogP contribution in [0.3, 0.4) is 0 Å². The topological polar surface area (TPSA) is 60.3 Å². The lowest BCUT2D eigenvalue weighted by Gasteiger charge is -2.11. The highest BCUT2D eigenvalue weighted by Crippen LogP contribution is 2.22. The molecule has 1 amide bonds. The van der Waals surface area contributed by atoms with E-state index in [2.05, 4.69) is 5.32 Å². The van der Waals surface area contributed by atoms with Gasteiger partial charge in [0, 0.05) is 25.9 Å². The zero-order valence-electron chi connectivity index (χ0n) is 13.4. The Labute approximate surface area is 139 Å². The predicted octanol–water partition coefficient (Wildman–Crippen LogP) is 3.02. The van der Waals surface area contributed by atoms with Gasteiger partial charge in [0.05, 0.1) is 22.9 Å². The van der Waals surface area contributed by atoms with Gasteiger partial charge in [0.2, 0.25) is 0 Å². The van der Waals surface area contributed by atoms with E-state index < -0.39 is 0 Å². The Balaban J connectivity index is 2.23. The maximum Gasteiger partial charge on any atom is 0.257 e. The third-order valence-electron chi connectivity index (χ3n) is 3.61. The second-order valence-electron chi connectivity index (χ2n) is 5.31. The van der Waals surface area contributed by atoms with Gasteiger partial charge in [-0.25, -0.2) is 0 Å². The molecule has 0 atom stereocenters. The number of anilines is 1. The minimum Gasteiger partial charge on any atom is -0.383 e. The summed E-state index contributed by atoms with van der Waals surface area (Å²) >= 11 is 6.16. The maximum absolute atomic E-state index is 12.4. The first-order chi connectivity index (χ1) is 10.9. The summed E-state index contributed by atoms with van der Waals surface area (Å²) in [6.45, 7) is 4.70. The number of aromatic nitrogens is 1. The highest BCUT2D eigenvalue weighted by atomic mass is 35.5. The Morgan fingerprint density at radius 1 is 1.26 bits per heavy atom. The van der Waals surface area contributed by atoms with E-state index in [0.717, 1.165) is 11.1 Å². The molecule has 2 aromatic rings. The van der Waals surface area contributed by atoms with Crippen molar-refractivity contribution in [3.63, 3.8) is 0 Å². The van der Waals surface area contributed by atoms with Crippen molar-refractivity contribution >= 4 is 23.2 Å². The number of pyridine rings is 1. The van der Waals surface area contributed by atoms with Gasteiger partial charge in [-0.05, 0) is 43.2 Å². The van der Waals surface area contributed by atoms with Gasteiger partial charge >= 0.3 is 0 Å². The first kappa shape index (κ1) is 17.2. The van der Waals surface area contributed by atoms with Crippen molar-refractivity contribution in [1.29, 1.82) is 0 Å². The molecule has 0 fully saturated rings. The van der Waals surface area contributed by atoms with Crippen molar-refractivity contribution < 1.29 is 9.53 Å². The van der Waals surface area contributed by atoms with E-state index in [1.165, 1.54) is 10.6 Å². The van der Waals surface area contributed by atoms with Crippen LogP contribution in [0.1, 0.15) is 21.5 Å². The number of nitrogens with one attached hydrogen (secondary N) is 1. The highest BCUT2D eigenvalue weighted by Gasteiger charge is 2.13. The lowest BCUT2D eigenvalue weighted by molar-refractivity contribution is 0.102. The zero-order valence-corrected chi connectivity index (χ0v) is 14.1. The Hall–Kier alpha value is -2.11. The normalized spacial score (nSPS) is 10.6. The van der Waals surface area contributed by atoms with Gasteiger partial charge in [-0.15, -0.1) is 0 Å². The smallest absolute Gasteiger partial charge is 0.257 e.